The predicted octanol–water partition coefficient (Wildman–Crippen LogP) is 2.11. The van der Waals surface area contributed by atoms with E-state index < -0.39 is 0 Å². The van der Waals surface area contributed by atoms with Crippen LogP contribution in [0.5, 0.6) is 0 Å². The van der Waals surface area contributed by atoms with E-state index >= 15 is 0 Å². The monoisotopic (exact) mass is 277 g/mol. The van der Waals surface area contributed by atoms with Gasteiger partial charge in [-0.1, -0.05) is 12.1 Å². The molecule has 4 nitrogen and oxygen atoms in total. The number of methoxy groups -OCH3 is 1. The lowest BCUT2D eigenvalue weighted by Gasteiger charge is -2.28. The fourth-order valence-corrected chi connectivity index (χ4v) is 2.69. The molecule has 0 bridgehead atoms. The van der Waals surface area contributed by atoms with E-state index in [-0.39, 0.29) is 5.97 Å². The molecule has 1 saturated carbocycles. The van der Waals surface area contributed by atoms with Gasteiger partial charge in [0.25, 0.3) is 0 Å². The normalized spacial score (nSPS) is 22.5. The Labute approximate surface area is 120 Å². The maximum atomic E-state index is 11.3. The lowest BCUT2D eigenvalue weighted by atomic mass is 9.86. The summed E-state index contributed by atoms with van der Waals surface area (Å²) >= 11 is 0. The highest BCUT2D eigenvalue weighted by Crippen LogP contribution is 2.23. The smallest absolute Gasteiger partial charge is 0.337 e. The summed E-state index contributed by atoms with van der Waals surface area (Å²) in [5, 5.41) is 12.7. The standard InChI is InChI=1S/C16H23NO3/c1-20-16(19)14-6-2-12(3-7-14)10-17-15-8-4-13(11-18)5-9-15/h2-3,6-7,13,15,17-18H,4-5,8-11H2,1H3/t13-,15-. The van der Waals surface area contributed by atoms with Crippen molar-refractivity contribution in [3.05, 3.63) is 35.4 Å². The molecule has 0 aromatic heterocycles. The van der Waals surface area contributed by atoms with Crippen molar-refractivity contribution in [2.45, 2.75) is 38.3 Å². The van der Waals surface area contributed by atoms with Gasteiger partial charge in [0.1, 0.15) is 0 Å². The van der Waals surface area contributed by atoms with Crippen LogP contribution in [0.1, 0.15) is 41.6 Å². The van der Waals surface area contributed by atoms with Crippen molar-refractivity contribution in [3.63, 3.8) is 0 Å². The minimum atomic E-state index is -0.299. The molecular formula is C16H23NO3. The second-order valence-electron chi connectivity index (χ2n) is 5.47. The molecule has 0 atom stereocenters. The van der Waals surface area contributed by atoms with Crippen molar-refractivity contribution in [2.24, 2.45) is 5.92 Å². The molecule has 2 N–H and O–H groups in total. The topological polar surface area (TPSA) is 58.6 Å². The second kappa shape index (κ2) is 7.41. The number of aliphatic hydroxyl groups excluding tert-OH is 1. The number of carbonyl (C=O) groups excluding carboxylic acids is 1. The molecule has 0 aliphatic heterocycles. The van der Waals surface area contributed by atoms with E-state index in [0.29, 0.717) is 24.1 Å². The van der Waals surface area contributed by atoms with Crippen LogP contribution in [0, 0.1) is 5.92 Å². The summed E-state index contributed by atoms with van der Waals surface area (Å²) in [4.78, 5) is 11.3. The highest BCUT2D eigenvalue weighted by atomic mass is 16.5. The quantitative estimate of drug-likeness (QED) is 0.809. The Morgan fingerprint density at radius 1 is 1.25 bits per heavy atom. The Hall–Kier alpha value is -1.39. The van der Waals surface area contributed by atoms with Gasteiger partial charge in [0.15, 0.2) is 0 Å². The third kappa shape index (κ3) is 4.05. The number of carbonyl (C=O) groups is 1. The Morgan fingerprint density at radius 2 is 1.90 bits per heavy atom. The fourth-order valence-electron chi connectivity index (χ4n) is 2.69. The molecule has 1 fully saturated rings. The van der Waals surface area contributed by atoms with E-state index in [2.05, 4.69) is 10.1 Å². The van der Waals surface area contributed by atoms with Crippen LogP contribution in [-0.2, 0) is 11.3 Å². The van der Waals surface area contributed by atoms with Crippen LogP contribution < -0.4 is 5.32 Å². The number of ether oxygens (including phenoxy) is 1. The molecular weight excluding hydrogens is 254 g/mol. The average Bonchev–Trinajstić information content (AvgIpc) is 2.53. The molecule has 1 aromatic rings. The number of hydrogen-bond donors (Lipinski definition) is 2. The molecule has 4 heteroatoms. The van der Waals surface area contributed by atoms with Gasteiger partial charge in [-0.05, 0) is 49.3 Å². The van der Waals surface area contributed by atoms with Crippen LogP contribution in [0.25, 0.3) is 0 Å². The SMILES string of the molecule is COC(=O)c1ccc(CN[C@H]2CC[C@H](CO)CC2)cc1. The summed E-state index contributed by atoms with van der Waals surface area (Å²) < 4.78 is 4.68. The number of esters is 1. The van der Waals surface area contributed by atoms with Gasteiger partial charge in [-0.15, -0.1) is 0 Å². The van der Waals surface area contributed by atoms with Crippen molar-refractivity contribution in [2.75, 3.05) is 13.7 Å². The van der Waals surface area contributed by atoms with E-state index in [1.807, 2.05) is 12.1 Å². The number of benzene rings is 1. The fraction of sp³-hybridized carbons (Fsp3) is 0.562. The Balaban J connectivity index is 1.78. The van der Waals surface area contributed by atoms with Crippen LogP contribution in [0.3, 0.4) is 0 Å². The van der Waals surface area contributed by atoms with Crippen LogP contribution in [0.15, 0.2) is 24.3 Å². The molecule has 0 heterocycles. The van der Waals surface area contributed by atoms with E-state index in [1.165, 1.54) is 12.7 Å². The molecule has 1 aliphatic carbocycles. The van der Waals surface area contributed by atoms with Crippen molar-refractivity contribution in [1.82, 2.24) is 5.32 Å². The first-order valence-electron chi connectivity index (χ1n) is 7.24. The van der Waals surface area contributed by atoms with E-state index in [1.54, 1.807) is 12.1 Å². The molecule has 0 radical (unpaired) electrons. The maximum Gasteiger partial charge on any atom is 0.337 e. The van der Waals surface area contributed by atoms with Gasteiger partial charge in [-0.2, -0.15) is 0 Å². The lowest BCUT2D eigenvalue weighted by Crippen LogP contribution is -2.33. The number of nitrogens with one attached hydrogen (secondary N) is 1. The van der Waals surface area contributed by atoms with Gasteiger partial charge in [0, 0.05) is 19.2 Å². The third-order valence-electron chi connectivity index (χ3n) is 4.07. The zero-order valence-corrected chi connectivity index (χ0v) is 12.0. The Kier molecular flexibility index (Phi) is 5.56. The van der Waals surface area contributed by atoms with Crippen molar-refractivity contribution < 1.29 is 14.6 Å². The minimum Gasteiger partial charge on any atom is -0.465 e. The molecule has 2 rings (SSSR count). The summed E-state index contributed by atoms with van der Waals surface area (Å²) in [5.74, 6) is 0.194. The number of rotatable bonds is 5. The molecule has 0 spiro atoms. The van der Waals surface area contributed by atoms with Gasteiger partial charge in [0.05, 0.1) is 12.7 Å². The lowest BCUT2D eigenvalue weighted by molar-refractivity contribution is 0.0600. The molecule has 1 aromatic carbocycles. The summed E-state index contributed by atoms with van der Waals surface area (Å²) in [6.07, 6.45) is 4.47. The highest BCUT2D eigenvalue weighted by molar-refractivity contribution is 5.89. The summed E-state index contributed by atoms with van der Waals surface area (Å²) in [7, 11) is 1.39. The van der Waals surface area contributed by atoms with E-state index in [9.17, 15) is 4.79 Å². The van der Waals surface area contributed by atoms with Crippen molar-refractivity contribution in [3.8, 4) is 0 Å². The van der Waals surface area contributed by atoms with Gasteiger partial charge in [-0.3, -0.25) is 0 Å². The summed E-state index contributed by atoms with van der Waals surface area (Å²) in [6, 6.07) is 8.05. The average molecular weight is 277 g/mol. The molecule has 110 valence electrons. The minimum absolute atomic E-state index is 0.299. The highest BCUT2D eigenvalue weighted by Gasteiger charge is 2.19. The number of hydrogen-bond acceptors (Lipinski definition) is 4. The molecule has 20 heavy (non-hydrogen) atoms. The zero-order valence-electron chi connectivity index (χ0n) is 12.0. The van der Waals surface area contributed by atoms with Crippen LogP contribution in [0.2, 0.25) is 0 Å². The largest absolute Gasteiger partial charge is 0.465 e. The molecule has 0 amide bonds. The molecule has 1 aliphatic rings. The first kappa shape index (κ1) is 15.0. The summed E-state index contributed by atoms with van der Waals surface area (Å²) in [5.41, 5.74) is 1.75. The maximum absolute atomic E-state index is 11.3. The van der Waals surface area contributed by atoms with Crippen molar-refractivity contribution >= 4 is 5.97 Å². The van der Waals surface area contributed by atoms with Gasteiger partial charge in [-0.25, -0.2) is 4.79 Å². The molecule has 0 unspecified atom stereocenters. The first-order chi connectivity index (χ1) is 9.72. The van der Waals surface area contributed by atoms with Gasteiger partial charge in [0.2, 0.25) is 0 Å². The van der Waals surface area contributed by atoms with Crippen molar-refractivity contribution in [1.29, 1.82) is 0 Å². The predicted molar refractivity (Wildman–Crippen MR) is 77.5 cm³/mol. The Bertz CT molecular complexity index is 422. The van der Waals surface area contributed by atoms with Crippen LogP contribution >= 0.6 is 0 Å². The zero-order chi connectivity index (χ0) is 14.4. The van der Waals surface area contributed by atoms with E-state index in [0.717, 1.165) is 32.2 Å². The van der Waals surface area contributed by atoms with Crippen LogP contribution in [0.4, 0.5) is 0 Å². The van der Waals surface area contributed by atoms with E-state index in [4.69, 9.17) is 5.11 Å². The first-order valence-corrected chi connectivity index (χ1v) is 7.24. The van der Waals surface area contributed by atoms with Gasteiger partial charge < -0.3 is 15.2 Å². The third-order valence-corrected chi connectivity index (χ3v) is 4.07. The Morgan fingerprint density at radius 3 is 2.45 bits per heavy atom. The van der Waals surface area contributed by atoms with Crippen LogP contribution in [-0.4, -0.2) is 30.8 Å². The summed E-state index contributed by atoms with van der Waals surface area (Å²) in [6.45, 7) is 1.14. The van der Waals surface area contributed by atoms with Gasteiger partial charge >= 0.3 is 5.97 Å². The molecule has 0 saturated heterocycles. The number of aliphatic hydroxyl groups is 1. The second-order valence-corrected chi connectivity index (χ2v) is 5.47.